The molecule has 23 heavy (non-hydrogen) atoms. The lowest BCUT2D eigenvalue weighted by Crippen LogP contribution is -2.40. The Hall–Kier alpha value is -1.33. The highest BCUT2D eigenvalue weighted by molar-refractivity contribution is 8.00. The average molecular weight is 328 g/mol. The summed E-state index contributed by atoms with van der Waals surface area (Å²) in [6, 6.07) is 11.4. The zero-order valence-electron chi connectivity index (χ0n) is 13.9. The Morgan fingerprint density at radius 2 is 1.96 bits per heavy atom. The van der Waals surface area contributed by atoms with E-state index in [2.05, 4.69) is 75.7 Å². The summed E-state index contributed by atoms with van der Waals surface area (Å²) >= 11 is 2.08. The molecule has 1 aliphatic heterocycles. The molecule has 0 radical (unpaired) electrons. The fraction of sp³-hybridized carbons (Fsp3) is 0.556. The minimum atomic E-state index is 0.455. The van der Waals surface area contributed by atoms with Crippen LogP contribution in [0.3, 0.4) is 0 Å². The van der Waals surface area contributed by atoms with E-state index in [1.165, 1.54) is 30.0 Å². The highest BCUT2D eigenvalue weighted by Crippen LogP contribution is 2.40. The molecule has 1 aliphatic carbocycles. The van der Waals surface area contributed by atoms with Crippen molar-refractivity contribution in [1.82, 2.24) is 19.7 Å². The van der Waals surface area contributed by atoms with Crippen LogP contribution >= 0.6 is 11.8 Å². The van der Waals surface area contributed by atoms with Crippen molar-refractivity contribution in [3.05, 3.63) is 47.5 Å². The van der Waals surface area contributed by atoms with E-state index in [1.54, 1.807) is 0 Å². The van der Waals surface area contributed by atoms with Crippen LogP contribution < -0.4 is 0 Å². The summed E-state index contributed by atoms with van der Waals surface area (Å²) in [7, 11) is 2.13. The molecule has 5 heteroatoms. The van der Waals surface area contributed by atoms with E-state index >= 15 is 0 Å². The molecule has 0 N–H and O–H groups in total. The number of aromatic nitrogens is 3. The standard InChI is InChI=1S/C18H24N4S/c1-13-17(14-6-4-3-5-7-14)22(10-11-23-13)12-16-19-20-18(21(16)2)15-8-9-15/h3-7,13,15,17H,8-12H2,1-2H3. The Bertz CT molecular complexity index is 665. The topological polar surface area (TPSA) is 34.0 Å². The lowest BCUT2D eigenvalue weighted by Gasteiger charge is -2.39. The van der Waals surface area contributed by atoms with Crippen molar-refractivity contribution in [1.29, 1.82) is 0 Å². The van der Waals surface area contributed by atoms with Gasteiger partial charge in [0.05, 0.1) is 6.54 Å². The number of hydrogen-bond donors (Lipinski definition) is 0. The van der Waals surface area contributed by atoms with Crippen LogP contribution in [0.2, 0.25) is 0 Å². The van der Waals surface area contributed by atoms with Crippen LogP contribution in [0, 0.1) is 0 Å². The molecule has 122 valence electrons. The van der Waals surface area contributed by atoms with Gasteiger partial charge < -0.3 is 4.57 Å². The zero-order chi connectivity index (χ0) is 15.8. The van der Waals surface area contributed by atoms with Gasteiger partial charge in [-0.1, -0.05) is 37.3 Å². The number of nitrogens with zero attached hydrogens (tertiary/aromatic N) is 4. The normalized spacial score (nSPS) is 25.7. The molecule has 2 fully saturated rings. The fourth-order valence-corrected chi connectivity index (χ4v) is 4.81. The SMILES string of the molecule is CC1SCCN(Cc2nnc(C3CC3)n2C)C1c1ccccc1. The Balaban J connectivity index is 1.58. The van der Waals surface area contributed by atoms with E-state index < -0.39 is 0 Å². The van der Waals surface area contributed by atoms with Gasteiger partial charge in [-0.2, -0.15) is 11.8 Å². The fourth-order valence-electron chi connectivity index (χ4n) is 3.58. The molecule has 2 unspecified atom stereocenters. The molecule has 0 amide bonds. The smallest absolute Gasteiger partial charge is 0.146 e. The first kappa shape index (κ1) is 15.2. The van der Waals surface area contributed by atoms with Crippen LogP contribution in [-0.4, -0.2) is 37.2 Å². The summed E-state index contributed by atoms with van der Waals surface area (Å²) in [5, 5.41) is 9.53. The van der Waals surface area contributed by atoms with Gasteiger partial charge in [0.2, 0.25) is 0 Å². The Morgan fingerprint density at radius 3 is 2.70 bits per heavy atom. The molecule has 2 aromatic rings. The molecule has 1 saturated heterocycles. The third-order valence-corrected chi connectivity index (χ3v) is 6.23. The summed E-state index contributed by atoms with van der Waals surface area (Å²) in [6.07, 6.45) is 2.55. The summed E-state index contributed by atoms with van der Waals surface area (Å²) in [6.45, 7) is 4.35. The van der Waals surface area contributed by atoms with Gasteiger partial charge in [-0.3, -0.25) is 4.90 Å². The average Bonchev–Trinajstić information content (AvgIpc) is 3.34. The van der Waals surface area contributed by atoms with Gasteiger partial charge in [-0.25, -0.2) is 0 Å². The Morgan fingerprint density at radius 1 is 1.17 bits per heavy atom. The highest BCUT2D eigenvalue weighted by Gasteiger charge is 2.33. The quantitative estimate of drug-likeness (QED) is 0.862. The second kappa shape index (κ2) is 6.29. The molecule has 0 spiro atoms. The predicted molar refractivity (Wildman–Crippen MR) is 94.5 cm³/mol. The third kappa shape index (κ3) is 3.04. The van der Waals surface area contributed by atoms with E-state index in [0.717, 1.165) is 18.9 Å². The molecule has 1 saturated carbocycles. The lowest BCUT2D eigenvalue weighted by molar-refractivity contribution is 0.185. The number of thioether (sulfide) groups is 1. The van der Waals surface area contributed by atoms with E-state index in [-0.39, 0.29) is 0 Å². The van der Waals surface area contributed by atoms with Gasteiger partial charge in [0.1, 0.15) is 11.6 Å². The summed E-state index contributed by atoms with van der Waals surface area (Å²) in [4.78, 5) is 2.58. The zero-order valence-corrected chi connectivity index (χ0v) is 14.7. The van der Waals surface area contributed by atoms with Crippen molar-refractivity contribution >= 4 is 11.8 Å². The molecule has 2 heterocycles. The minimum Gasteiger partial charge on any atom is -0.317 e. The van der Waals surface area contributed by atoms with Gasteiger partial charge in [0.15, 0.2) is 0 Å². The number of benzene rings is 1. The molecular weight excluding hydrogens is 304 g/mol. The Kier molecular flexibility index (Phi) is 4.16. The van der Waals surface area contributed by atoms with Crippen molar-refractivity contribution in [2.45, 2.75) is 43.5 Å². The lowest BCUT2D eigenvalue weighted by atomic mass is 10.0. The van der Waals surface area contributed by atoms with Crippen LogP contribution in [0.5, 0.6) is 0 Å². The first-order valence-electron chi connectivity index (χ1n) is 8.53. The van der Waals surface area contributed by atoms with Crippen molar-refractivity contribution in [2.24, 2.45) is 7.05 Å². The van der Waals surface area contributed by atoms with Crippen molar-refractivity contribution in [3.63, 3.8) is 0 Å². The first-order chi connectivity index (χ1) is 11.2. The van der Waals surface area contributed by atoms with Crippen LogP contribution in [-0.2, 0) is 13.6 Å². The van der Waals surface area contributed by atoms with E-state index in [9.17, 15) is 0 Å². The van der Waals surface area contributed by atoms with Crippen LogP contribution in [0.1, 0.15) is 48.9 Å². The van der Waals surface area contributed by atoms with E-state index in [0.29, 0.717) is 17.2 Å². The maximum atomic E-state index is 4.49. The van der Waals surface area contributed by atoms with E-state index in [4.69, 9.17) is 0 Å². The first-order valence-corrected chi connectivity index (χ1v) is 9.57. The predicted octanol–water partition coefficient (Wildman–Crippen LogP) is 3.37. The second-order valence-corrected chi connectivity index (χ2v) is 8.19. The maximum Gasteiger partial charge on any atom is 0.146 e. The van der Waals surface area contributed by atoms with Gasteiger partial charge in [-0.05, 0) is 18.4 Å². The van der Waals surface area contributed by atoms with Crippen molar-refractivity contribution in [2.75, 3.05) is 12.3 Å². The number of hydrogen-bond acceptors (Lipinski definition) is 4. The van der Waals surface area contributed by atoms with Crippen molar-refractivity contribution in [3.8, 4) is 0 Å². The van der Waals surface area contributed by atoms with Crippen LogP contribution in [0.25, 0.3) is 0 Å². The monoisotopic (exact) mass is 328 g/mol. The van der Waals surface area contributed by atoms with Gasteiger partial charge in [0.25, 0.3) is 0 Å². The largest absolute Gasteiger partial charge is 0.317 e. The van der Waals surface area contributed by atoms with Crippen LogP contribution in [0.15, 0.2) is 30.3 Å². The van der Waals surface area contributed by atoms with Gasteiger partial charge >= 0.3 is 0 Å². The molecule has 1 aromatic carbocycles. The molecule has 4 nitrogen and oxygen atoms in total. The minimum absolute atomic E-state index is 0.455. The molecule has 2 atom stereocenters. The van der Waals surface area contributed by atoms with Gasteiger partial charge in [-0.15, -0.1) is 10.2 Å². The number of rotatable bonds is 4. The van der Waals surface area contributed by atoms with Crippen molar-refractivity contribution < 1.29 is 0 Å². The molecule has 4 rings (SSSR count). The molecule has 1 aromatic heterocycles. The maximum absolute atomic E-state index is 4.49. The molecule has 0 bridgehead atoms. The second-order valence-electron chi connectivity index (χ2n) is 6.71. The third-order valence-electron chi connectivity index (χ3n) is 5.02. The molecule has 2 aliphatic rings. The van der Waals surface area contributed by atoms with Crippen LogP contribution in [0.4, 0.5) is 0 Å². The Labute approximate surface area is 142 Å². The van der Waals surface area contributed by atoms with E-state index in [1.807, 2.05) is 0 Å². The molecular formula is C18H24N4S. The summed E-state index contributed by atoms with van der Waals surface area (Å²) in [5.74, 6) is 4.13. The van der Waals surface area contributed by atoms with Gasteiger partial charge in [0, 0.05) is 36.6 Å². The summed E-state index contributed by atoms with van der Waals surface area (Å²) in [5.41, 5.74) is 1.41. The summed E-state index contributed by atoms with van der Waals surface area (Å²) < 4.78 is 2.23. The highest BCUT2D eigenvalue weighted by atomic mass is 32.2.